The number of nitrogens with one attached hydrogen (secondary N) is 1. The summed E-state index contributed by atoms with van der Waals surface area (Å²) in [6.45, 7) is 3.94. The van der Waals surface area contributed by atoms with Gasteiger partial charge in [-0.1, -0.05) is 25.1 Å². The van der Waals surface area contributed by atoms with Gasteiger partial charge >= 0.3 is 11.9 Å². The van der Waals surface area contributed by atoms with Gasteiger partial charge in [0, 0.05) is 23.1 Å². The predicted molar refractivity (Wildman–Crippen MR) is 164 cm³/mol. The standard InChI is InChI=1S/C32H38N4O10/c1-2-32(46-28(38)17-34-27(37)20-44-14-13-43-12-11-42-10-9-41-8-7-33)24-16-26-29-22(15-21-5-3-4-6-25(21)35-29)18-36(26)30(39)23(24)19-45-31(32)40/h3-6,15-16H,2,7-14,17-20,33H2,1H3,(H,34,37)/t32-/m0/s1. The quantitative estimate of drug-likeness (QED) is 0.123. The van der Waals surface area contributed by atoms with Crippen molar-refractivity contribution in [2.24, 2.45) is 5.73 Å². The Labute approximate surface area is 265 Å². The van der Waals surface area contributed by atoms with E-state index in [1.807, 2.05) is 30.3 Å². The first-order valence-corrected chi connectivity index (χ1v) is 15.2. The molecular weight excluding hydrogens is 600 g/mol. The van der Waals surface area contributed by atoms with E-state index in [2.05, 4.69) is 5.32 Å². The van der Waals surface area contributed by atoms with E-state index in [1.165, 1.54) is 0 Å². The van der Waals surface area contributed by atoms with Crippen LogP contribution in [0.1, 0.15) is 30.0 Å². The Balaban J connectivity index is 1.15. The maximum Gasteiger partial charge on any atom is 0.355 e. The van der Waals surface area contributed by atoms with Crippen molar-refractivity contribution >= 4 is 28.7 Å². The van der Waals surface area contributed by atoms with Crippen LogP contribution in [0, 0.1) is 0 Å². The fourth-order valence-electron chi connectivity index (χ4n) is 5.44. The summed E-state index contributed by atoms with van der Waals surface area (Å²) < 4.78 is 33.9. The summed E-state index contributed by atoms with van der Waals surface area (Å²) in [6.07, 6.45) is 0.00956. The van der Waals surface area contributed by atoms with Crippen molar-refractivity contribution < 1.29 is 42.8 Å². The highest BCUT2D eigenvalue weighted by atomic mass is 16.6. The van der Waals surface area contributed by atoms with Gasteiger partial charge in [-0.2, -0.15) is 0 Å². The first-order valence-electron chi connectivity index (χ1n) is 15.2. The molecule has 0 unspecified atom stereocenters. The van der Waals surface area contributed by atoms with E-state index in [9.17, 15) is 19.2 Å². The Kier molecular flexibility index (Phi) is 11.1. The first kappa shape index (κ1) is 33.2. The molecule has 14 nitrogen and oxygen atoms in total. The molecule has 1 atom stereocenters. The van der Waals surface area contributed by atoms with E-state index in [0.717, 1.165) is 16.5 Å². The maximum absolute atomic E-state index is 13.6. The number of rotatable bonds is 17. The summed E-state index contributed by atoms with van der Waals surface area (Å²) in [7, 11) is 0. The molecule has 14 heteroatoms. The van der Waals surface area contributed by atoms with E-state index < -0.39 is 30.0 Å². The van der Waals surface area contributed by atoms with Gasteiger partial charge in [-0.3, -0.25) is 14.4 Å². The molecule has 0 saturated heterocycles. The van der Waals surface area contributed by atoms with Crippen molar-refractivity contribution in [2.75, 3.05) is 65.9 Å². The summed E-state index contributed by atoms with van der Waals surface area (Å²) in [6, 6.07) is 11.3. The Morgan fingerprint density at radius 2 is 1.70 bits per heavy atom. The molecular formula is C32H38N4O10. The molecule has 1 amide bonds. The number of nitrogens with zero attached hydrogens (tertiary/aromatic N) is 2. The van der Waals surface area contributed by atoms with Crippen molar-refractivity contribution in [1.29, 1.82) is 0 Å². The van der Waals surface area contributed by atoms with E-state index in [4.69, 9.17) is 39.1 Å². The number of carbonyl (C=O) groups excluding carboxylic acids is 3. The number of ether oxygens (including phenoxy) is 6. The van der Waals surface area contributed by atoms with Gasteiger partial charge in [0.1, 0.15) is 19.8 Å². The summed E-state index contributed by atoms with van der Waals surface area (Å²) in [5.74, 6) is -2.22. The lowest BCUT2D eigenvalue weighted by molar-refractivity contribution is -0.189. The zero-order chi connectivity index (χ0) is 32.5. The number of benzene rings is 1. The second-order valence-electron chi connectivity index (χ2n) is 10.7. The molecule has 3 aromatic rings. The van der Waals surface area contributed by atoms with Gasteiger partial charge in [0.2, 0.25) is 11.5 Å². The van der Waals surface area contributed by atoms with E-state index in [1.54, 1.807) is 17.6 Å². The number of carbonyl (C=O) groups is 3. The monoisotopic (exact) mass is 638 g/mol. The number of nitrogens with two attached hydrogens (primary N) is 1. The third kappa shape index (κ3) is 7.26. The molecule has 0 spiro atoms. The Morgan fingerprint density at radius 1 is 1.00 bits per heavy atom. The van der Waals surface area contributed by atoms with Crippen molar-refractivity contribution in [2.45, 2.75) is 32.1 Å². The lowest BCUT2D eigenvalue weighted by Crippen LogP contribution is -2.48. The minimum absolute atomic E-state index is 0.00956. The molecule has 1 aromatic carbocycles. The maximum atomic E-state index is 13.6. The molecule has 3 N–H and O–H groups in total. The number of amides is 1. The van der Waals surface area contributed by atoms with Crippen LogP contribution in [0.25, 0.3) is 22.3 Å². The Morgan fingerprint density at radius 3 is 2.41 bits per heavy atom. The van der Waals surface area contributed by atoms with Crippen molar-refractivity contribution in [1.82, 2.24) is 14.9 Å². The fraction of sp³-hybridized carbons (Fsp3) is 0.469. The molecule has 46 heavy (non-hydrogen) atoms. The highest BCUT2D eigenvalue weighted by Crippen LogP contribution is 2.40. The number of pyridine rings is 2. The smallest absolute Gasteiger partial charge is 0.355 e. The number of hydrogen-bond donors (Lipinski definition) is 2. The molecule has 246 valence electrons. The normalized spacial score (nSPS) is 16.4. The van der Waals surface area contributed by atoms with Crippen LogP contribution in [0.3, 0.4) is 0 Å². The van der Waals surface area contributed by atoms with Crippen LogP contribution in [0.2, 0.25) is 0 Å². The van der Waals surface area contributed by atoms with E-state index >= 15 is 0 Å². The highest BCUT2D eigenvalue weighted by Gasteiger charge is 2.50. The largest absolute Gasteiger partial charge is 0.457 e. The summed E-state index contributed by atoms with van der Waals surface area (Å²) >= 11 is 0. The van der Waals surface area contributed by atoms with Gasteiger partial charge < -0.3 is 44.0 Å². The zero-order valence-electron chi connectivity index (χ0n) is 25.7. The molecule has 0 saturated carbocycles. The number of hydrogen-bond acceptors (Lipinski definition) is 12. The fourth-order valence-corrected chi connectivity index (χ4v) is 5.44. The number of aromatic nitrogens is 2. The first-order chi connectivity index (χ1) is 22.4. The van der Waals surface area contributed by atoms with Crippen LogP contribution in [-0.2, 0) is 61.6 Å². The van der Waals surface area contributed by atoms with Crippen LogP contribution in [0.4, 0.5) is 0 Å². The predicted octanol–water partition coefficient (Wildman–Crippen LogP) is 0.772. The van der Waals surface area contributed by atoms with Crippen molar-refractivity contribution in [3.05, 3.63) is 63.4 Å². The van der Waals surface area contributed by atoms with Gasteiger partial charge in [0.25, 0.3) is 5.56 Å². The summed E-state index contributed by atoms with van der Waals surface area (Å²) in [5, 5.41) is 3.38. The van der Waals surface area contributed by atoms with Crippen LogP contribution < -0.4 is 16.6 Å². The lowest BCUT2D eigenvalue weighted by Gasteiger charge is -2.35. The van der Waals surface area contributed by atoms with Crippen LogP contribution in [-0.4, -0.2) is 93.3 Å². The Hall–Kier alpha value is -4.21. The minimum atomic E-state index is -1.86. The number of esters is 2. The van der Waals surface area contributed by atoms with Crippen molar-refractivity contribution in [3.63, 3.8) is 0 Å². The second-order valence-corrected chi connectivity index (χ2v) is 10.7. The van der Waals surface area contributed by atoms with Crippen LogP contribution in [0.5, 0.6) is 0 Å². The van der Waals surface area contributed by atoms with Crippen LogP contribution in [0.15, 0.2) is 41.2 Å². The third-order valence-corrected chi connectivity index (χ3v) is 7.71. The lowest BCUT2D eigenvalue weighted by atomic mass is 9.85. The molecule has 0 fully saturated rings. The highest BCUT2D eigenvalue weighted by molar-refractivity contribution is 5.89. The number of para-hydroxylation sites is 1. The number of fused-ring (bicyclic) bond motifs is 5. The summed E-state index contributed by atoms with van der Waals surface area (Å²) in [5.41, 5.74) is 6.42. The van der Waals surface area contributed by atoms with Crippen LogP contribution >= 0.6 is 0 Å². The molecule has 0 aliphatic carbocycles. The molecule has 0 radical (unpaired) electrons. The average Bonchev–Trinajstić information content (AvgIpc) is 3.42. The molecule has 4 heterocycles. The Bertz CT molecular complexity index is 1640. The molecule has 2 aliphatic rings. The van der Waals surface area contributed by atoms with Gasteiger partial charge in [-0.25, -0.2) is 9.78 Å². The zero-order valence-corrected chi connectivity index (χ0v) is 25.7. The van der Waals surface area contributed by atoms with Gasteiger partial charge in [-0.15, -0.1) is 0 Å². The molecule has 2 aliphatic heterocycles. The molecule has 0 bridgehead atoms. The van der Waals surface area contributed by atoms with Crippen molar-refractivity contribution in [3.8, 4) is 11.4 Å². The van der Waals surface area contributed by atoms with Gasteiger partial charge in [0.15, 0.2) is 0 Å². The topological polar surface area (TPSA) is 180 Å². The number of cyclic esters (lactones) is 1. The minimum Gasteiger partial charge on any atom is -0.457 e. The molecule has 5 rings (SSSR count). The SMILES string of the molecule is CC[C@@]1(OC(=O)CNC(=O)COCCOCCOCCOCCN)C(=O)OCc2c1cc1n(c2=O)Cc2cc3ccccc3nc2-1. The van der Waals surface area contributed by atoms with E-state index in [-0.39, 0.29) is 49.5 Å². The third-order valence-electron chi connectivity index (χ3n) is 7.71. The second kappa shape index (κ2) is 15.4. The van der Waals surface area contributed by atoms with Gasteiger partial charge in [0.05, 0.1) is 75.3 Å². The van der Waals surface area contributed by atoms with Gasteiger partial charge in [-0.05, 0) is 24.6 Å². The van der Waals surface area contributed by atoms with E-state index in [0.29, 0.717) is 57.5 Å². The average molecular weight is 639 g/mol. The molecule has 2 aromatic heterocycles. The summed E-state index contributed by atoms with van der Waals surface area (Å²) in [4.78, 5) is 56.8.